The lowest BCUT2D eigenvalue weighted by atomic mass is 10.1. The van der Waals surface area contributed by atoms with Crippen LogP contribution < -0.4 is 15.2 Å². The highest BCUT2D eigenvalue weighted by Gasteiger charge is 2.09. The van der Waals surface area contributed by atoms with Gasteiger partial charge in [-0.15, -0.1) is 0 Å². The monoisotopic (exact) mass is 288 g/mol. The Hall–Kier alpha value is -2.11. The highest BCUT2D eigenvalue weighted by atomic mass is 16.5. The van der Waals surface area contributed by atoms with Gasteiger partial charge in [0.15, 0.2) is 11.5 Å². The minimum absolute atomic E-state index is 0.0399. The largest absolute Gasteiger partial charge is 0.493 e. The Labute approximate surface area is 124 Å². The predicted molar refractivity (Wildman–Crippen MR) is 80.4 cm³/mol. The Morgan fingerprint density at radius 2 is 2.05 bits per heavy atom. The summed E-state index contributed by atoms with van der Waals surface area (Å²) in [5.41, 5.74) is 7.53. The van der Waals surface area contributed by atoms with Gasteiger partial charge in [-0.3, -0.25) is 4.98 Å². The van der Waals surface area contributed by atoms with Crippen molar-refractivity contribution >= 4 is 0 Å². The van der Waals surface area contributed by atoms with Gasteiger partial charge in [0, 0.05) is 6.04 Å². The van der Waals surface area contributed by atoms with Crippen LogP contribution in [0.25, 0.3) is 0 Å². The average molecular weight is 288 g/mol. The second kappa shape index (κ2) is 7.06. The summed E-state index contributed by atoms with van der Waals surface area (Å²) in [7, 11) is 1.56. The van der Waals surface area contributed by atoms with Gasteiger partial charge in [-0.1, -0.05) is 13.0 Å². The van der Waals surface area contributed by atoms with Crippen LogP contribution in [0.2, 0.25) is 0 Å². The van der Waals surface area contributed by atoms with Gasteiger partial charge in [-0.2, -0.15) is 0 Å². The number of aliphatic hydroxyl groups is 1. The van der Waals surface area contributed by atoms with Gasteiger partial charge in [0.2, 0.25) is 0 Å². The molecule has 1 unspecified atom stereocenters. The molecule has 1 aromatic carbocycles. The molecule has 1 aromatic heterocycles. The summed E-state index contributed by atoms with van der Waals surface area (Å²) in [5.74, 6) is 1.75. The first-order chi connectivity index (χ1) is 10.2. The Morgan fingerprint density at radius 1 is 1.24 bits per heavy atom. The maximum Gasteiger partial charge on any atom is 0.169 e. The van der Waals surface area contributed by atoms with E-state index in [4.69, 9.17) is 20.3 Å². The standard InChI is InChI=1S/C16H20N2O3/c1-3-13(17)14-6-5-12(9-18-14)21-15-7-4-11(10-19)8-16(15)20-2/h4-9,13,19H,3,10,17H2,1-2H3. The fourth-order valence-corrected chi connectivity index (χ4v) is 1.90. The summed E-state index contributed by atoms with van der Waals surface area (Å²) in [6.07, 6.45) is 2.48. The Morgan fingerprint density at radius 3 is 2.62 bits per heavy atom. The van der Waals surface area contributed by atoms with Crippen LogP contribution in [-0.4, -0.2) is 17.2 Å². The predicted octanol–water partition coefficient (Wildman–Crippen LogP) is 2.78. The molecule has 0 amide bonds. The lowest BCUT2D eigenvalue weighted by Crippen LogP contribution is -2.10. The lowest BCUT2D eigenvalue weighted by Gasteiger charge is -2.12. The number of hydrogen-bond acceptors (Lipinski definition) is 5. The molecule has 0 aliphatic carbocycles. The third kappa shape index (κ3) is 3.71. The smallest absolute Gasteiger partial charge is 0.169 e. The van der Waals surface area contributed by atoms with Gasteiger partial charge in [-0.05, 0) is 36.2 Å². The molecule has 0 bridgehead atoms. The van der Waals surface area contributed by atoms with Gasteiger partial charge >= 0.3 is 0 Å². The molecule has 21 heavy (non-hydrogen) atoms. The molecule has 5 nitrogen and oxygen atoms in total. The van der Waals surface area contributed by atoms with Crippen molar-refractivity contribution in [1.29, 1.82) is 0 Å². The molecule has 0 saturated carbocycles. The van der Waals surface area contributed by atoms with Gasteiger partial charge in [0.25, 0.3) is 0 Å². The maximum atomic E-state index is 9.13. The zero-order valence-corrected chi connectivity index (χ0v) is 12.2. The van der Waals surface area contributed by atoms with Crippen molar-refractivity contribution in [3.8, 4) is 17.2 Å². The number of methoxy groups -OCH3 is 1. The first-order valence-corrected chi connectivity index (χ1v) is 6.85. The quantitative estimate of drug-likeness (QED) is 0.854. The molecule has 1 heterocycles. The highest BCUT2D eigenvalue weighted by molar-refractivity contribution is 5.45. The molecule has 0 aliphatic rings. The molecule has 5 heteroatoms. The number of aromatic nitrogens is 1. The first-order valence-electron chi connectivity index (χ1n) is 6.85. The van der Waals surface area contributed by atoms with Crippen molar-refractivity contribution in [2.45, 2.75) is 26.0 Å². The van der Waals surface area contributed by atoms with Crippen LogP contribution in [0.15, 0.2) is 36.5 Å². The van der Waals surface area contributed by atoms with Gasteiger partial charge in [-0.25, -0.2) is 0 Å². The molecule has 0 spiro atoms. The summed E-state index contributed by atoms with van der Waals surface area (Å²) in [5, 5.41) is 9.13. The SMILES string of the molecule is CCC(N)c1ccc(Oc2ccc(CO)cc2OC)cn1. The Balaban J connectivity index is 2.18. The van der Waals surface area contributed by atoms with Crippen molar-refractivity contribution in [3.63, 3.8) is 0 Å². The van der Waals surface area contributed by atoms with Gasteiger partial charge in [0.1, 0.15) is 5.75 Å². The number of ether oxygens (including phenoxy) is 2. The zero-order chi connectivity index (χ0) is 15.2. The lowest BCUT2D eigenvalue weighted by molar-refractivity contribution is 0.280. The van der Waals surface area contributed by atoms with E-state index in [0.29, 0.717) is 17.2 Å². The van der Waals surface area contributed by atoms with Crippen LogP contribution >= 0.6 is 0 Å². The van der Waals surface area contributed by atoms with Crippen LogP contribution in [0, 0.1) is 0 Å². The van der Waals surface area contributed by atoms with E-state index in [0.717, 1.165) is 17.7 Å². The Kier molecular flexibility index (Phi) is 5.14. The number of rotatable bonds is 6. The number of benzene rings is 1. The van der Waals surface area contributed by atoms with Crippen molar-refractivity contribution in [1.82, 2.24) is 4.98 Å². The van der Waals surface area contributed by atoms with Crippen molar-refractivity contribution in [2.75, 3.05) is 7.11 Å². The van der Waals surface area contributed by atoms with E-state index in [-0.39, 0.29) is 12.6 Å². The highest BCUT2D eigenvalue weighted by Crippen LogP contribution is 2.32. The van der Waals surface area contributed by atoms with Crippen LogP contribution in [0.3, 0.4) is 0 Å². The van der Waals surface area contributed by atoms with E-state index in [2.05, 4.69) is 4.98 Å². The number of hydrogen-bond donors (Lipinski definition) is 2. The van der Waals surface area contributed by atoms with E-state index >= 15 is 0 Å². The van der Waals surface area contributed by atoms with Crippen molar-refractivity contribution in [3.05, 3.63) is 47.8 Å². The van der Waals surface area contributed by atoms with Gasteiger partial charge < -0.3 is 20.3 Å². The summed E-state index contributed by atoms with van der Waals surface area (Å²) < 4.78 is 11.0. The second-order valence-corrected chi connectivity index (χ2v) is 4.68. The van der Waals surface area contributed by atoms with E-state index < -0.39 is 0 Å². The van der Waals surface area contributed by atoms with E-state index in [1.807, 2.05) is 19.1 Å². The molecule has 0 aliphatic heterocycles. The molecular weight excluding hydrogens is 268 g/mol. The van der Waals surface area contributed by atoms with E-state index in [9.17, 15) is 0 Å². The summed E-state index contributed by atoms with van der Waals surface area (Å²) >= 11 is 0. The molecule has 112 valence electrons. The molecule has 3 N–H and O–H groups in total. The average Bonchev–Trinajstić information content (AvgIpc) is 2.55. The molecule has 0 radical (unpaired) electrons. The summed E-state index contributed by atoms with van der Waals surface area (Å²) in [6, 6.07) is 8.92. The van der Waals surface area contributed by atoms with Crippen LogP contribution in [0.4, 0.5) is 0 Å². The number of aliphatic hydroxyl groups excluding tert-OH is 1. The molecule has 0 fully saturated rings. The fraction of sp³-hybridized carbons (Fsp3) is 0.312. The summed E-state index contributed by atoms with van der Waals surface area (Å²) in [4.78, 5) is 4.30. The fourth-order valence-electron chi connectivity index (χ4n) is 1.90. The molecule has 2 rings (SSSR count). The minimum atomic E-state index is -0.0579. The van der Waals surface area contributed by atoms with Crippen LogP contribution in [0.1, 0.15) is 30.6 Å². The molecule has 1 atom stereocenters. The Bertz CT molecular complexity index is 585. The maximum absolute atomic E-state index is 9.13. The normalized spacial score (nSPS) is 12.0. The van der Waals surface area contributed by atoms with Crippen molar-refractivity contribution in [2.24, 2.45) is 5.73 Å². The topological polar surface area (TPSA) is 77.6 Å². The first kappa shape index (κ1) is 15.3. The molecular formula is C16H20N2O3. The summed E-state index contributed by atoms with van der Waals surface area (Å²) in [6.45, 7) is 1.98. The third-order valence-corrected chi connectivity index (χ3v) is 3.22. The van der Waals surface area contributed by atoms with Crippen LogP contribution in [0.5, 0.6) is 17.2 Å². The van der Waals surface area contributed by atoms with E-state index in [1.165, 1.54) is 0 Å². The van der Waals surface area contributed by atoms with Gasteiger partial charge in [0.05, 0.1) is 25.6 Å². The molecule has 2 aromatic rings. The number of nitrogens with zero attached hydrogens (tertiary/aromatic N) is 1. The number of nitrogens with two attached hydrogens (primary N) is 1. The third-order valence-electron chi connectivity index (χ3n) is 3.22. The molecule has 0 saturated heterocycles. The van der Waals surface area contributed by atoms with E-state index in [1.54, 1.807) is 31.5 Å². The number of pyridine rings is 1. The second-order valence-electron chi connectivity index (χ2n) is 4.68. The zero-order valence-electron chi connectivity index (χ0n) is 12.2. The van der Waals surface area contributed by atoms with Crippen molar-refractivity contribution < 1.29 is 14.6 Å². The minimum Gasteiger partial charge on any atom is -0.493 e. The van der Waals surface area contributed by atoms with Crippen LogP contribution in [-0.2, 0) is 6.61 Å².